The standard InChI is InChI=1S/C26H20N2S3/c29-25(27(21-13-5-1-6-14-21)22-15-7-2-8-16-22)31-26(30)28(23-17-9-3-10-18-23)24-19-11-4-12-20-24/h1-20H. The van der Waals surface area contributed by atoms with Crippen LogP contribution in [0.4, 0.5) is 22.7 Å². The normalized spacial score (nSPS) is 10.3. The van der Waals surface area contributed by atoms with Crippen molar-refractivity contribution in [3.63, 3.8) is 0 Å². The van der Waals surface area contributed by atoms with Crippen molar-refractivity contribution in [3.8, 4) is 0 Å². The van der Waals surface area contributed by atoms with E-state index in [1.807, 2.05) is 72.8 Å². The van der Waals surface area contributed by atoms with Gasteiger partial charge in [0.25, 0.3) is 0 Å². The summed E-state index contributed by atoms with van der Waals surface area (Å²) < 4.78 is 1.33. The molecule has 0 aliphatic carbocycles. The van der Waals surface area contributed by atoms with E-state index in [0.717, 1.165) is 22.7 Å². The SMILES string of the molecule is S=C(SC(=S)N(c1ccccc1)c1ccccc1)N(c1ccccc1)c1ccccc1. The Morgan fingerprint density at radius 1 is 0.419 bits per heavy atom. The van der Waals surface area contributed by atoms with Crippen molar-refractivity contribution in [3.05, 3.63) is 121 Å². The van der Waals surface area contributed by atoms with Crippen LogP contribution in [0.5, 0.6) is 0 Å². The summed E-state index contributed by atoms with van der Waals surface area (Å²) in [7, 11) is 0. The maximum Gasteiger partial charge on any atom is 0.152 e. The Morgan fingerprint density at radius 2 is 0.645 bits per heavy atom. The molecule has 4 aromatic rings. The molecule has 0 radical (unpaired) electrons. The zero-order chi connectivity index (χ0) is 21.5. The van der Waals surface area contributed by atoms with Crippen LogP contribution in [0.15, 0.2) is 121 Å². The third kappa shape index (κ3) is 5.20. The molecule has 0 saturated carbocycles. The van der Waals surface area contributed by atoms with Gasteiger partial charge in [0.05, 0.1) is 0 Å². The molecule has 0 heterocycles. The van der Waals surface area contributed by atoms with E-state index in [9.17, 15) is 0 Å². The predicted molar refractivity (Wildman–Crippen MR) is 143 cm³/mol. The number of hydrogen-bond acceptors (Lipinski definition) is 3. The first kappa shape index (κ1) is 21.2. The van der Waals surface area contributed by atoms with Crippen LogP contribution in [0.3, 0.4) is 0 Å². The minimum absolute atomic E-state index is 0.666. The summed E-state index contributed by atoms with van der Waals surface area (Å²) in [4.78, 5) is 4.11. The summed E-state index contributed by atoms with van der Waals surface area (Å²) >= 11 is 13.2. The van der Waals surface area contributed by atoms with Crippen molar-refractivity contribution in [2.75, 3.05) is 9.80 Å². The van der Waals surface area contributed by atoms with Crippen LogP contribution < -0.4 is 9.80 Å². The van der Waals surface area contributed by atoms with E-state index in [2.05, 4.69) is 58.3 Å². The van der Waals surface area contributed by atoms with Gasteiger partial charge < -0.3 is 0 Å². The van der Waals surface area contributed by atoms with Crippen molar-refractivity contribution < 1.29 is 0 Å². The molecule has 0 spiro atoms. The Kier molecular flexibility index (Phi) is 7.10. The lowest BCUT2D eigenvalue weighted by atomic mass is 10.2. The summed E-state index contributed by atoms with van der Waals surface area (Å²) in [5.74, 6) is 0. The van der Waals surface area contributed by atoms with Gasteiger partial charge >= 0.3 is 0 Å². The van der Waals surface area contributed by atoms with Gasteiger partial charge in [0, 0.05) is 22.7 Å². The average Bonchev–Trinajstić information content (AvgIpc) is 2.82. The second kappa shape index (κ2) is 10.4. The van der Waals surface area contributed by atoms with Gasteiger partial charge in [0.15, 0.2) is 8.64 Å². The summed E-state index contributed by atoms with van der Waals surface area (Å²) in [6.45, 7) is 0. The highest BCUT2D eigenvalue weighted by Crippen LogP contribution is 2.34. The molecule has 4 aromatic carbocycles. The number of thioether (sulfide) groups is 1. The van der Waals surface area contributed by atoms with Gasteiger partial charge in [-0.05, 0) is 60.3 Å². The molecular weight excluding hydrogens is 437 g/mol. The zero-order valence-corrected chi connectivity index (χ0v) is 19.1. The highest BCUT2D eigenvalue weighted by Gasteiger charge is 2.21. The van der Waals surface area contributed by atoms with E-state index < -0.39 is 0 Å². The molecule has 0 unspecified atom stereocenters. The molecule has 152 valence electrons. The average molecular weight is 457 g/mol. The fourth-order valence-electron chi connectivity index (χ4n) is 3.19. The molecule has 0 amide bonds. The molecule has 0 aromatic heterocycles. The summed E-state index contributed by atoms with van der Waals surface area (Å²) in [6.07, 6.45) is 0. The Labute approximate surface area is 198 Å². The first-order valence-electron chi connectivity index (χ1n) is 9.80. The molecule has 2 nitrogen and oxygen atoms in total. The number of hydrogen-bond donors (Lipinski definition) is 0. The molecule has 0 fully saturated rings. The third-order valence-corrected chi connectivity index (χ3v) is 6.18. The van der Waals surface area contributed by atoms with Gasteiger partial charge in [-0.3, -0.25) is 9.80 Å². The maximum absolute atomic E-state index is 5.91. The lowest BCUT2D eigenvalue weighted by Crippen LogP contribution is -2.27. The van der Waals surface area contributed by atoms with Crippen molar-refractivity contribution in [2.24, 2.45) is 0 Å². The van der Waals surface area contributed by atoms with E-state index in [4.69, 9.17) is 24.4 Å². The number of anilines is 4. The minimum atomic E-state index is 0.666. The Hall–Kier alpha value is -2.99. The Morgan fingerprint density at radius 3 is 0.871 bits per heavy atom. The number of para-hydroxylation sites is 4. The van der Waals surface area contributed by atoms with Gasteiger partial charge in [-0.2, -0.15) is 0 Å². The predicted octanol–water partition coefficient (Wildman–Crippen LogP) is 7.97. The minimum Gasteiger partial charge on any atom is -0.296 e. The van der Waals surface area contributed by atoms with Crippen LogP contribution >= 0.6 is 36.2 Å². The molecule has 31 heavy (non-hydrogen) atoms. The van der Waals surface area contributed by atoms with Gasteiger partial charge in [-0.15, -0.1) is 0 Å². The molecule has 0 saturated heterocycles. The highest BCUT2D eigenvalue weighted by molar-refractivity contribution is 8.38. The quantitative estimate of drug-likeness (QED) is 0.286. The van der Waals surface area contributed by atoms with E-state index in [1.54, 1.807) is 0 Å². The fourth-order valence-corrected chi connectivity index (χ4v) is 5.00. The highest BCUT2D eigenvalue weighted by atomic mass is 32.2. The number of rotatable bonds is 4. The molecule has 0 aliphatic rings. The Bertz CT molecular complexity index is 962. The molecule has 0 bridgehead atoms. The fraction of sp³-hybridized carbons (Fsp3) is 0. The van der Waals surface area contributed by atoms with Crippen LogP contribution in [0.1, 0.15) is 0 Å². The summed E-state index contributed by atoms with van der Waals surface area (Å²) in [5, 5.41) is 0. The van der Waals surface area contributed by atoms with Crippen molar-refractivity contribution in [2.45, 2.75) is 0 Å². The number of benzene rings is 4. The third-order valence-electron chi connectivity index (χ3n) is 4.60. The van der Waals surface area contributed by atoms with E-state index in [-0.39, 0.29) is 0 Å². The van der Waals surface area contributed by atoms with Crippen molar-refractivity contribution >= 4 is 67.6 Å². The van der Waals surface area contributed by atoms with E-state index >= 15 is 0 Å². The summed E-state index contributed by atoms with van der Waals surface area (Å²) in [5.41, 5.74) is 4.00. The van der Waals surface area contributed by atoms with Crippen LogP contribution in [0.25, 0.3) is 0 Å². The van der Waals surface area contributed by atoms with Crippen LogP contribution in [-0.4, -0.2) is 8.64 Å². The lowest BCUT2D eigenvalue weighted by Gasteiger charge is -2.29. The number of nitrogens with zero attached hydrogens (tertiary/aromatic N) is 2. The molecule has 0 aliphatic heterocycles. The Balaban J connectivity index is 1.66. The number of thiocarbonyl (C=S) groups is 2. The molecule has 5 heteroatoms. The molecule has 0 atom stereocenters. The van der Waals surface area contributed by atoms with Gasteiger partial charge in [-0.25, -0.2) is 0 Å². The largest absolute Gasteiger partial charge is 0.296 e. The van der Waals surface area contributed by atoms with E-state index in [1.165, 1.54) is 11.8 Å². The molecular formula is C26H20N2S3. The smallest absolute Gasteiger partial charge is 0.152 e. The zero-order valence-electron chi connectivity index (χ0n) is 16.7. The van der Waals surface area contributed by atoms with Crippen LogP contribution in [0.2, 0.25) is 0 Å². The first-order chi connectivity index (χ1) is 15.2. The van der Waals surface area contributed by atoms with Crippen LogP contribution in [0, 0.1) is 0 Å². The van der Waals surface area contributed by atoms with Crippen LogP contribution in [-0.2, 0) is 0 Å². The molecule has 4 rings (SSSR count). The van der Waals surface area contributed by atoms with E-state index in [0.29, 0.717) is 8.64 Å². The molecule has 0 N–H and O–H groups in total. The van der Waals surface area contributed by atoms with Gasteiger partial charge in [0.2, 0.25) is 0 Å². The monoisotopic (exact) mass is 456 g/mol. The summed E-state index contributed by atoms with van der Waals surface area (Å²) in [6, 6.07) is 40.5. The second-order valence-corrected chi connectivity index (χ2v) is 8.91. The maximum atomic E-state index is 5.91. The lowest BCUT2D eigenvalue weighted by molar-refractivity contribution is 1.38. The van der Waals surface area contributed by atoms with Gasteiger partial charge in [0.1, 0.15) is 0 Å². The second-order valence-electron chi connectivity index (χ2n) is 6.65. The van der Waals surface area contributed by atoms with Crippen molar-refractivity contribution in [1.82, 2.24) is 0 Å². The first-order valence-corrected chi connectivity index (χ1v) is 11.4. The topological polar surface area (TPSA) is 6.48 Å². The van der Waals surface area contributed by atoms with Crippen molar-refractivity contribution in [1.29, 1.82) is 0 Å². The van der Waals surface area contributed by atoms with Gasteiger partial charge in [-0.1, -0.05) is 97.2 Å².